The Hall–Kier alpha value is -3.09. The fourth-order valence-electron chi connectivity index (χ4n) is 4.45. The van der Waals surface area contributed by atoms with Crippen LogP contribution in [0.4, 0.5) is 4.39 Å². The first-order valence-corrected chi connectivity index (χ1v) is 9.58. The molecule has 1 saturated heterocycles. The van der Waals surface area contributed by atoms with Crippen LogP contribution in [0.2, 0.25) is 0 Å². The molecule has 0 spiro atoms. The lowest BCUT2D eigenvalue weighted by molar-refractivity contribution is -0.133. The third-order valence-corrected chi connectivity index (χ3v) is 5.77. The van der Waals surface area contributed by atoms with Gasteiger partial charge in [-0.05, 0) is 36.6 Å². The van der Waals surface area contributed by atoms with Gasteiger partial charge in [-0.15, -0.1) is 10.2 Å². The molecule has 142 valence electrons. The number of benzene rings is 1. The van der Waals surface area contributed by atoms with E-state index in [1.807, 2.05) is 17.0 Å². The smallest absolute Gasteiger partial charge is 0.227 e. The van der Waals surface area contributed by atoms with Crippen LogP contribution in [0, 0.1) is 5.82 Å². The molecule has 1 aromatic carbocycles. The number of rotatable bonds is 3. The predicted octanol–water partition coefficient (Wildman–Crippen LogP) is 2.64. The second kappa shape index (κ2) is 6.82. The number of fused-ring (bicyclic) bond motifs is 3. The van der Waals surface area contributed by atoms with Crippen molar-refractivity contribution in [2.24, 2.45) is 0 Å². The number of halogens is 1. The average molecular weight is 377 g/mol. The Morgan fingerprint density at radius 2 is 1.96 bits per heavy atom. The van der Waals surface area contributed by atoms with Crippen molar-refractivity contribution in [2.45, 2.75) is 44.3 Å². The van der Waals surface area contributed by atoms with E-state index in [0.717, 1.165) is 30.1 Å². The molecule has 2 aliphatic rings. The highest BCUT2D eigenvalue weighted by Crippen LogP contribution is 2.33. The van der Waals surface area contributed by atoms with Crippen LogP contribution >= 0.6 is 0 Å². The zero-order valence-electron chi connectivity index (χ0n) is 15.3. The van der Waals surface area contributed by atoms with Gasteiger partial charge in [0.1, 0.15) is 11.6 Å². The lowest BCUT2D eigenvalue weighted by Gasteiger charge is -2.28. The largest absolute Gasteiger partial charge is 0.334 e. The van der Waals surface area contributed by atoms with Gasteiger partial charge in [0.15, 0.2) is 5.82 Å². The van der Waals surface area contributed by atoms with Gasteiger partial charge in [0.2, 0.25) is 5.91 Å². The summed E-state index contributed by atoms with van der Waals surface area (Å²) in [5, 5.41) is 8.77. The summed E-state index contributed by atoms with van der Waals surface area (Å²) in [7, 11) is 0. The van der Waals surface area contributed by atoms with Gasteiger partial charge in [-0.1, -0.05) is 18.2 Å². The van der Waals surface area contributed by atoms with E-state index >= 15 is 0 Å². The maximum atomic E-state index is 14.0. The fraction of sp³-hybridized carbons (Fsp3) is 0.333. The van der Waals surface area contributed by atoms with E-state index in [1.54, 1.807) is 30.6 Å². The van der Waals surface area contributed by atoms with Gasteiger partial charge in [-0.2, -0.15) is 0 Å². The minimum absolute atomic E-state index is 0.0146. The number of carbonyl (C=O) groups is 1. The van der Waals surface area contributed by atoms with E-state index in [9.17, 15) is 9.18 Å². The quantitative estimate of drug-likeness (QED) is 0.704. The zero-order valence-corrected chi connectivity index (χ0v) is 15.3. The standard InChI is InChI=1S/C21H20FN5O/c22-18-6-2-1-4-14(18)10-20(28)27-16-7-8-17(27)13-26-19(11-16)24-25-21(26)15-5-3-9-23-12-15/h1-6,9,12,16-17H,7-8,10-11,13H2/t16-,17+/m0/s1. The number of hydrogen-bond acceptors (Lipinski definition) is 4. The summed E-state index contributed by atoms with van der Waals surface area (Å²) in [4.78, 5) is 19.2. The highest BCUT2D eigenvalue weighted by atomic mass is 19.1. The van der Waals surface area contributed by atoms with Crippen molar-refractivity contribution in [3.63, 3.8) is 0 Å². The second-order valence-electron chi connectivity index (χ2n) is 7.45. The number of aromatic nitrogens is 4. The summed E-state index contributed by atoms with van der Waals surface area (Å²) in [5.41, 5.74) is 1.37. The van der Waals surface area contributed by atoms with Crippen molar-refractivity contribution in [1.82, 2.24) is 24.6 Å². The Labute approximate surface area is 162 Å². The van der Waals surface area contributed by atoms with Gasteiger partial charge in [-0.25, -0.2) is 4.39 Å². The van der Waals surface area contributed by atoms with Crippen LogP contribution < -0.4 is 0 Å². The molecular formula is C21H20FN5O. The Balaban J connectivity index is 1.43. The van der Waals surface area contributed by atoms with E-state index in [1.165, 1.54) is 6.07 Å². The first kappa shape index (κ1) is 17.0. The van der Waals surface area contributed by atoms with Gasteiger partial charge in [0, 0.05) is 37.0 Å². The third-order valence-electron chi connectivity index (χ3n) is 5.77. The molecule has 2 bridgehead atoms. The van der Waals surface area contributed by atoms with Crippen LogP contribution in [-0.4, -0.2) is 42.6 Å². The first-order valence-electron chi connectivity index (χ1n) is 9.58. The molecule has 0 unspecified atom stereocenters. The van der Waals surface area contributed by atoms with Gasteiger partial charge in [-0.3, -0.25) is 9.78 Å². The van der Waals surface area contributed by atoms with Crippen molar-refractivity contribution in [3.05, 3.63) is 66.0 Å². The molecule has 6 nitrogen and oxygen atoms in total. The SMILES string of the molecule is O=C(Cc1ccccc1F)N1[C@@H]2CC[C@H]1Cc1nnc(-c3cccnc3)n1C2. The minimum atomic E-state index is -0.325. The lowest BCUT2D eigenvalue weighted by atomic mass is 10.1. The number of amides is 1. The van der Waals surface area contributed by atoms with Crippen molar-refractivity contribution >= 4 is 5.91 Å². The highest BCUT2D eigenvalue weighted by Gasteiger charge is 2.41. The Morgan fingerprint density at radius 1 is 1.11 bits per heavy atom. The number of hydrogen-bond donors (Lipinski definition) is 0. The maximum Gasteiger partial charge on any atom is 0.227 e. The van der Waals surface area contributed by atoms with Gasteiger partial charge < -0.3 is 9.47 Å². The number of nitrogens with zero attached hydrogens (tertiary/aromatic N) is 5. The molecule has 28 heavy (non-hydrogen) atoms. The van der Waals surface area contributed by atoms with E-state index < -0.39 is 0 Å². The van der Waals surface area contributed by atoms with Crippen LogP contribution in [0.3, 0.4) is 0 Å². The van der Waals surface area contributed by atoms with Crippen molar-refractivity contribution in [3.8, 4) is 11.4 Å². The van der Waals surface area contributed by atoms with Crippen molar-refractivity contribution in [2.75, 3.05) is 0 Å². The molecule has 1 amide bonds. The van der Waals surface area contributed by atoms with E-state index in [2.05, 4.69) is 19.7 Å². The summed E-state index contributed by atoms with van der Waals surface area (Å²) in [5.74, 6) is 1.35. The highest BCUT2D eigenvalue weighted by molar-refractivity contribution is 5.80. The van der Waals surface area contributed by atoms with Gasteiger partial charge >= 0.3 is 0 Å². The zero-order chi connectivity index (χ0) is 19.1. The van der Waals surface area contributed by atoms with Crippen LogP contribution in [0.1, 0.15) is 24.2 Å². The second-order valence-corrected chi connectivity index (χ2v) is 7.45. The Bertz CT molecular complexity index is 1020. The van der Waals surface area contributed by atoms with Crippen LogP contribution in [0.5, 0.6) is 0 Å². The normalized spacial score (nSPS) is 20.7. The van der Waals surface area contributed by atoms with E-state index in [4.69, 9.17) is 0 Å². The maximum absolute atomic E-state index is 14.0. The molecule has 0 N–H and O–H groups in total. The molecule has 0 aliphatic carbocycles. The number of pyridine rings is 1. The van der Waals surface area contributed by atoms with Gasteiger partial charge in [0.25, 0.3) is 0 Å². The summed E-state index contributed by atoms with van der Waals surface area (Å²) < 4.78 is 16.1. The Kier molecular flexibility index (Phi) is 4.15. The monoisotopic (exact) mass is 377 g/mol. The van der Waals surface area contributed by atoms with Crippen LogP contribution in [-0.2, 0) is 24.2 Å². The average Bonchev–Trinajstić information content (AvgIpc) is 3.24. The summed E-state index contributed by atoms with van der Waals surface area (Å²) in [6.45, 7) is 0.659. The molecule has 2 atom stereocenters. The molecule has 0 saturated carbocycles. The Morgan fingerprint density at radius 3 is 2.79 bits per heavy atom. The minimum Gasteiger partial charge on any atom is -0.334 e. The molecule has 3 aromatic rings. The van der Waals surface area contributed by atoms with Crippen molar-refractivity contribution in [1.29, 1.82) is 0 Å². The summed E-state index contributed by atoms with van der Waals surface area (Å²) in [6, 6.07) is 10.5. The summed E-state index contributed by atoms with van der Waals surface area (Å²) in [6.07, 6.45) is 6.17. The molecular weight excluding hydrogens is 357 g/mol. The fourth-order valence-corrected chi connectivity index (χ4v) is 4.45. The van der Waals surface area contributed by atoms with Crippen LogP contribution in [0.15, 0.2) is 48.8 Å². The molecule has 4 heterocycles. The van der Waals surface area contributed by atoms with Gasteiger partial charge in [0.05, 0.1) is 12.5 Å². The molecule has 2 aromatic heterocycles. The lowest BCUT2D eigenvalue weighted by Crippen LogP contribution is -2.43. The third kappa shape index (κ3) is 2.87. The molecule has 2 aliphatic heterocycles. The molecule has 1 fully saturated rings. The molecule has 7 heteroatoms. The first-order chi connectivity index (χ1) is 13.7. The molecule has 0 radical (unpaired) electrons. The van der Waals surface area contributed by atoms with Crippen LogP contribution in [0.25, 0.3) is 11.4 Å². The molecule has 5 rings (SSSR count). The van der Waals surface area contributed by atoms with E-state index in [-0.39, 0.29) is 30.2 Å². The number of carbonyl (C=O) groups excluding carboxylic acids is 1. The topological polar surface area (TPSA) is 63.9 Å². The summed E-state index contributed by atoms with van der Waals surface area (Å²) >= 11 is 0. The predicted molar refractivity (Wildman–Crippen MR) is 101 cm³/mol. The van der Waals surface area contributed by atoms with Crippen molar-refractivity contribution < 1.29 is 9.18 Å². The van der Waals surface area contributed by atoms with E-state index in [0.29, 0.717) is 18.5 Å².